The first-order valence-corrected chi connectivity index (χ1v) is 7.11. The molecule has 0 radical (unpaired) electrons. The van der Waals surface area contributed by atoms with Crippen LogP contribution in [0.3, 0.4) is 0 Å². The van der Waals surface area contributed by atoms with Gasteiger partial charge in [0.2, 0.25) is 0 Å². The highest BCUT2D eigenvalue weighted by molar-refractivity contribution is 5.20. The Balaban J connectivity index is 1.96. The van der Waals surface area contributed by atoms with Gasteiger partial charge in [0.25, 0.3) is 0 Å². The molecule has 3 nitrogen and oxygen atoms in total. The van der Waals surface area contributed by atoms with Crippen molar-refractivity contribution in [1.82, 2.24) is 5.32 Å². The normalized spacial score (nSPS) is 19.6. The van der Waals surface area contributed by atoms with Gasteiger partial charge in [0.05, 0.1) is 18.1 Å². The lowest BCUT2D eigenvalue weighted by molar-refractivity contribution is 0.00267. The van der Waals surface area contributed by atoms with Gasteiger partial charge < -0.3 is 10.4 Å². The van der Waals surface area contributed by atoms with Crippen LogP contribution in [-0.4, -0.2) is 17.3 Å². The Labute approximate surface area is 115 Å². The first-order chi connectivity index (χ1) is 9.23. The molecule has 0 bridgehead atoms. The van der Waals surface area contributed by atoms with Gasteiger partial charge in [0, 0.05) is 12.6 Å². The van der Waals surface area contributed by atoms with Crippen molar-refractivity contribution in [2.45, 2.75) is 50.2 Å². The highest BCUT2D eigenvalue weighted by Crippen LogP contribution is 2.28. The fraction of sp³-hybridized carbons (Fsp3) is 0.562. The van der Waals surface area contributed by atoms with Gasteiger partial charge in [-0.25, -0.2) is 0 Å². The van der Waals surface area contributed by atoms with Gasteiger partial charge >= 0.3 is 0 Å². The van der Waals surface area contributed by atoms with Crippen LogP contribution in [-0.2, 0) is 0 Å². The standard InChI is InChI=1S/C16H22N2O/c17-12-9-15(14-7-3-1-4-8-14)18-13-16(19)10-5-2-6-11-16/h1,3-4,7-8,15,18-19H,2,5-6,9-11,13H2. The molecular weight excluding hydrogens is 236 g/mol. The summed E-state index contributed by atoms with van der Waals surface area (Å²) in [6.45, 7) is 0.578. The third-order valence-electron chi connectivity index (χ3n) is 3.96. The number of rotatable bonds is 5. The molecule has 2 N–H and O–H groups in total. The number of aliphatic hydroxyl groups is 1. The van der Waals surface area contributed by atoms with Crippen LogP contribution >= 0.6 is 0 Å². The molecule has 1 aromatic carbocycles. The van der Waals surface area contributed by atoms with Crippen molar-refractivity contribution in [3.05, 3.63) is 35.9 Å². The molecule has 1 saturated carbocycles. The summed E-state index contributed by atoms with van der Waals surface area (Å²) < 4.78 is 0. The quantitative estimate of drug-likeness (QED) is 0.853. The maximum Gasteiger partial charge on any atom is 0.0771 e. The molecule has 0 aliphatic heterocycles. The van der Waals surface area contributed by atoms with Gasteiger partial charge in [-0.3, -0.25) is 0 Å². The zero-order valence-corrected chi connectivity index (χ0v) is 11.3. The molecule has 102 valence electrons. The molecule has 3 heteroatoms. The molecule has 1 unspecified atom stereocenters. The number of hydrogen-bond donors (Lipinski definition) is 2. The maximum absolute atomic E-state index is 10.5. The predicted molar refractivity (Wildman–Crippen MR) is 75.5 cm³/mol. The lowest BCUT2D eigenvalue weighted by atomic mass is 9.84. The van der Waals surface area contributed by atoms with Crippen LogP contribution in [0.25, 0.3) is 0 Å². The van der Waals surface area contributed by atoms with E-state index in [0.29, 0.717) is 13.0 Å². The van der Waals surface area contributed by atoms with Gasteiger partial charge in [0.15, 0.2) is 0 Å². The fourth-order valence-corrected chi connectivity index (χ4v) is 2.78. The van der Waals surface area contributed by atoms with E-state index in [1.54, 1.807) is 0 Å². The lowest BCUT2D eigenvalue weighted by Crippen LogP contribution is -2.43. The first kappa shape index (κ1) is 14.0. The van der Waals surface area contributed by atoms with Gasteiger partial charge in [-0.2, -0.15) is 5.26 Å². The van der Waals surface area contributed by atoms with E-state index in [0.717, 1.165) is 31.2 Å². The largest absolute Gasteiger partial charge is 0.389 e. The van der Waals surface area contributed by atoms with Crippen molar-refractivity contribution >= 4 is 0 Å². The molecule has 1 fully saturated rings. The van der Waals surface area contributed by atoms with E-state index in [4.69, 9.17) is 5.26 Å². The molecule has 2 rings (SSSR count). The zero-order valence-electron chi connectivity index (χ0n) is 11.3. The highest BCUT2D eigenvalue weighted by Gasteiger charge is 2.29. The van der Waals surface area contributed by atoms with Crippen LogP contribution in [0.15, 0.2) is 30.3 Å². The van der Waals surface area contributed by atoms with Crippen molar-refractivity contribution in [2.75, 3.05) is 6.54 Å². The second-order valence-corrected chi connectivity index (χ2v) is 5.49. The van der Waals surface area contributed by atoms with Crippen molar-refractivity contribution in [1.29, 1.82) is 5.26 Å². The third-order valence-corrected chi connectivity index (χ3v) is 3.96. The third kappa shape index (κ3) is 4.05. The summed E-state index contributed by atoms with van der Waals surface area (Å²) in [7, 11) is 0. The van der Waals surface area contributed by atoms with Crippen LogP contribution in [0.5, 0.6) is 0 Å². The van der Waals surface area contributed by atoms with E-state index >= 15 is 0 Å². The molecule has 0 amide bonds. The Bertz CT molecular complexity index is 418. The highest BCUT2D eigenvalue weighted by atomic mass is 16.3. The number of nitrogens with one attached hydrogen (secondary N) is 1. The van der Waals surface area contributed by atoms with Crippen LogP contribution in [0.2, 0.25) is 0 Å². The summed E-state index contributed by atoms with van der Waals surface area (Å²) in [6.07, 6.45) is 5.60. The lowest BCUT2D eigenvalue weighted by Gasteiger charge is -2.33. The van der Waals surface area contributed by atoms with E-state index < -0.39 is 5.60 Å². The molecule has 1 aliphatic rings. The number of benzene rings is 1. The summed E-state index contributed by atoms with van der Waals surface area (Å²) in [5.41, 5.74) is 0.532. The Morgan fingerprint density at radius 2 is 1.89 bits per heavy atom. The van der Waals surface area contributed by atoms with E-state index in [1.807, 2.05) is 30.3 Å². The minimum absolute atomic E-state index is 0.0113. The van der Waals surface area contributed by atoms with Gasteiger partial charge in [0.1, 0.15) is 0 Å². The van der Waals surface area contributed by atoms with Crippen molar-refractivity contribution in [3.63, 3.8) is 0 Å². The number of nitrogens with zero attached hydrogens (tertiary/aromatic N) is 1. The van der Waals surface area contributed by atoms with E-state index in [1.165, 1.54) is 6.42 Å². The summed E-state index contributed by atoms with van der Waals surface area (Å²) in [4.78, 5) is 0. The van der Waals surface area contributed by atoms with Crippen LogP contribution in [0.4, 0.5) is 0 Å². The summed E-state index contributed by atoms with van der Waals surface area (Å²) in [6, 6.07) is 12.2. The minimum atomic E-state index is -0.583. The van der Waals surface area contributed by atoms with Crippen molar-refractivity contribution in [3.8, 4) is 6.07 Å². The molecular formula is C16H22N2O. The molecule has 1 aliphatic carbocycles. The molecule has 0 heterocycles. The molecule has 1 atom stereocenters. The minimum Gasteiger partial charge on any atom is -0.389 e. The Morgan fingerprint density at radius 3 is 2.53 bits per heavy atom. The molecule has 19 heavy (non-hydrogen) atoms. The zero-order chi connectivity index (χ0) is 13.6. The first-order valence-electron chi connectivity index (χ1n) is 7.11. The van der Waals surface area contributed by atoms with Gasteiger partial charge in [-0.1, -0.05) is 49.6 Å². The Morgan fingerprint density at radius 1 is 1.21 bits per heavy atom. The SMILES string of the molecule is N#CCC(NCC1(O)CCCCC1)c1ccccc1. The maximum atomic E-state index is 10.5. The topological polar surface area (TPSA) is 56.0 Å². The van der Waals surface area contributed by atoms with Crippen LogP contribution in [0.1, 0.15) is 50.1 Å². The summed E-state index contributed by atoms with van der Waals surface area (Å²) in [5.74, 6) is 0. The molecule has 0 spiro atoms. The Kier molecular flexibility index (Phi) is 4.95. The Hall–Kier alpha value is -1.37. The smallest absolute Gasteiger partial charge is 0.0771 e. The molecule has 0 aromatic heterocycles. The summed E-state index contributed by atoms with van der Waals surface area (Å²) >= 11 is 0. The van der Waals surface area contributed by atoms with Crippen LogP contribution < -0.4 is 5.32 Å². The average molecular weight is 258 g/mol. The molecule has 0 saturated heterocycles. The van der Waals surface area contributed by atoms with Crippen molar-refractivity contribution in [2.24, 2.45) is 0 Å². The van der Waals surface area contributed by atoms with Gasteiger partial charge in [-0.05, 0) is 18.4 Å². The predicted octanol–water partition coefficient (Wildman–Crippen LogP) is 2.93. The average Bonchev–Trinajstić information content (AvgIpc) is 2.45. The van der Waals surface area contributed by atoms with Crippen LogP contribution in [0, 0.1) is 11.3 Å². The van der Waals surface area contributed by atoms with Gasteiger partial charge in [-0.15, -0.1) is 0 Å². The van der Waals surface area contributed by atoms with E-state index in [9.17, 15) is 5.11 Å². The number of hydrogen-bond acceptors (Lipinski definition) is 3. The molecule has 1 aromatic rings. The second kappa shape index (κ2) is 6.70. The fourth-order valence-electron chi connectivity index (χ4n) is 2.78. The van der Waals surface area contributed by atoms with E-state index in [2.05, 4.69) is 11.4 Å². The van der Waals surface area contributed by atoms with E-state index in [-0.39, 0.29) is 6.04 Å². The monoisotopic (exact) mass is 258 g/mol. The van der Waals surface area contributed by atoms with Crippen molar-refractivity contribution < 1.29 is 5.11 Å². The number of nitriles is 1. The second-order valence-electron chi connectivity index (χ2n) is 5.49. The summed E-state index contributed by atoms with van der Waals surface area (Å²) in [5, 5.41) is 22.8.